The summed E-state index contributed by atoms with van der Waals surface area (Å²) in [5.41, 5.74) is 16.3. The van der Waals surface area contributed by atoms with E-state index < -0.39 is 5.41 Å². The quantitative estimate of drug-likeness (QED) is 0.136. The molecule has 0 unspecified atom stereocenters. The first-order valence-corrected chi connectivity index (χ1v) is 21.4. The van der Waals surface area contributed by atoms with Crippen LogP contribution < -0.4 is 0 Å². The van der Waals surface area contributed by atoms with E-state index in [1.807, 2.05) is 18.2 Å². The van der Waals surface area contributed by atoms with Crippen LogP contribution in [0.3, 0.4) is 0 Å². The summed E-state index contributed by atoms with van der Waals surface area (Å²) in [4.78, 5) is 15.8. The summed E-state index contributed by atoms with van der Waals surface area (Å²) in [5.74, 6) is 1.84. The predicted molar refractivity (Wildman–Crippen MR) is 258 cm³/mol. The average Bonchev–Trinajstić information content (AvgIpc) is 3.67. The molecule has 0 radical (unpaired) electrons. The summed E-state index contributed by atoms with van der Waals surface area (Å²) in [6, 6.07) is 88.3. The molecule has 0 saturated carbocycles. The van der Waals surface area contributed by atoms with Crippen LogP contribution in [0.15, 0.2) is 249 Å². The fraction of sp³-hybridized carbons (Fsp3) is 0.0167. The van der Waals surface area contributed by atoms with Crippen molar-refractivity contribution in [1.82, 2.24) is 15.0 Å². The maximum atomic E-state index is 5.36. The highest BCUT2D eigenvalue weighted by Crippen LogP contribution is 2.56. The highest BCUT2D eigenvalue weighted by molar-refractivity contribution is 6.05. The van der Waals surface area contributed by atoms with Crippen LogP contribution in [-0.4, -0.2) is 15.0 Å². The predicted octanol–water partition coefficient (Wildman–Crippen LogP) is 14.2. The number of rotatable bonds is 9. The third-order valence-corrected chi connectivity index (χ3v) is 12.2. The molecule has 0 amide bonds. The van der Waals surface area contributed by atoms with Crippen LogP contribution in [0.25, 0.3) is 56.4 Å². The molecule has 11 rings (SSSR count). The molecule has 0 fully saturated rings. The minimum absolute atomic E-state index is 0.549. The summed E-state index contributed by atoms with van der Waals surface area (Å²) in [7, 11) is 0. The zero-order chi connectivity index (χ0) is 42.0. The summed E-state index contributed by atoms with van der Waals surface area (Å²) in [6.45, 7) is 0. The third-order valence-electron chi connectivity index (χ3n) is 12.2. The Morgan fingerprint density at radius 1 is 0.270 bits per heavy atom. The molecule has 0 bridgehead atoms. The molecule has 1 aliphatic rings. The van der Waals surface area contributed by atoms with Crippen molar-refractivity contribution in [2.45, 2.75) is 5.41 Å². The van der Waals surface area contributed by atoms with Gasteiger partial charge in [-0.2, -0.15) is 0 Å². The minimum atomic E-state index is -0.549. The Labute approximate surface area is 368 Å². The van der Waals surface area contributed by atoms with Gasteiger partial charge in [0.25, 0.3) is 0 Å². The molecule has 9 aromatic carbocycles. The maximum Gasteiger partial charge on any atom is 0.164 e. The van der Waals surface area contributed by atoms with Crippen molar-refractivity contribution in [2.75, 3.05) is 0 Å². The molecular formula is C60H41N3. The molecule has 0 spiro atoms. The van der Waals surface area contributed by atoms with Gasteiger partial charge in [-0.3, -0.25) is 0 Å². The lowest BCUT2D eigenvalue weighted by atomic mass is 9.67. The van der Waals surface area contributed by atoms with E-state index in [2.05, 4.69) is 231 Å². The average molecular weight is 804 g/mol. The monoisotopic (exact) mass is 803 g/mol. The van der Waals surface area contributed by atoms with Gasteiger partial charge in [-0.1, -0.05) is 237 Å². The van der Waals surface area contributed by atoms with E-state index in [0.717, 1.165) is 50.1 Å². The molecule has 0 aliphatic heterocycles. The van der Waals surface area contributed by atoms with Crippen LogP contribution in [0.4, 0.5) is 0 Å². The molecule has 3 nitrogen and oxygen atoms in total. The second-order valence-corrected chi connectivity index (χ2v) is 15.9. The van der Waals surface area contributed by atoms with Crippen LogP contribution in [0.2, 0.25) is 0 Å². The Bertz CT molecular complexity index is 3160. The number of fused-ring (bicyclic) bond motifs is 3. The SMILES string of the molecule is c1ccc(C(=C(c2ccccc2)c2cccc(-c3nc(-c4ccccc4)nc(-c4ccc5c(c4)C(c4ccccc4)(c4ccccc4)c4ccccc4-5)n3)c2)c2ccccc2)cc1. The van der Waals surface area contributed by atoms with Crippen LogP contribution in [0, 0.1) is 0 Å². The number of hydrogen-bond acceptors (Lipinski definition) is 3. The van der Waals surface area contributed by atoms with Crippen molar-refractivity contribution in [1.29, 1.82) is 0 Å². The standard InChI is InChI=1S/C60H41N3/c1-7-22-42(23-8-1)55(43-24-9-2-10-25-43)56(44-26-11-3-12-27-44)46-30-21-31-47(40-46)58-61-57(45-28-13-4-14-29-45)62-59(63-58)48-38-39-52-51-36-19-20-37-53(51)60(54(52)41-48,49-32-15-5-16-33-49)50-34-17-6-18-35-50/h1-41H. The first-order valence-electron chi connectivity index (χ1n) is 21.4. The second-order valence-electron chi connectivity index (χ2n) is 15.9. The van der Waals surface area contributed by atoms with Gasteiger partial charge in [0.15, 0.2) is 17.5 Å². The van der Waals surface area contributed by atoms with E-state index in [4.69, 9.17) is 15.0 Å². The van der Waals surface area contributed by atoms with E-state index in [-0.39, 0.29) is 0 Å². The molecule has 0 N–H and O–H groups in total. The molecular weight excluding hydrogens is 763 g/mol. The van der Waals surface area contributed by atoms with E-state index in [9.17, 15) is 0 Å². The van der Waals surface area contributed by atoms with Gasteiger partial charge in [0.2, 0.25) is 0 Å². The van der Waals surface area contributed by atoms with Gasteiger partial charge in [0, 0.05) is 16.7 Å². The highest BCUT2D eigenvalue weighted by atomic mass is 15.0. The molecule has 1 aromatic heterocycles. The van der Waals surface area contributed by atoms with Gasteiger partial charge >= 0.3 is 0 Å². The van der Waals surface area contributed by atoms with Crippen molar-refractivity contribution in [3.63, 3.8) is 0 Å². The van der Waals surface area contributed by atoms with E-state index in [1.165, 1.54) is 33.4 Å². The van der Waals surface area contributed by atoms with Crippen molar-refractivity contribution < 1.29 is 0 Å². The molecule has 10 aromatic rings. The summed E-state index contributed by atoms with van der Waals surface area (Å²) in [6.07, 6.45) is 0. The molecule has 1 aliphatic carbocycles. The smallest absolute Gasteiger partial charge is 0.164 e. The van der Waals surface area contributed by atoms with Gasteiger partial charge < -0.3 is 0 Å². The van der Waals surface area contributed by atoms with Gasteiger partial charge in [0.05, 0.1) is 5.41 Å². The minimum Gasteiger partial charge on any atom is -0.208 e. The molecule has 63 heavy (non-hydrogen) atoms. The summed E-state index contributed by atoms with van der Waals surface area (Å²) >= 11 is 0. The van der Waals surface area contributed by atoms with Crippen molar-refractivity contribution in [2.24, 2.45) is 0 Å². The molecule has 1 heterocycles. The maximum absolute atomic E-state index is 5.36. The lowest BCUT2D eigenvalue weighted by Gasteiger charge is -2.34. The van der Waals surface area contributed by atoms with Crippen molar-refractivity contribution in [3.05, 3.63) is 293 Å². The fourth-order valence-electron chi connectivity index (χ4n) is 9.47. The van der Waals surface area contributed by atoms with Crippen LogP contribution in [0.1, 0.15) is 44.5 Å². The van der Waals surface area contributed by atoms with E-state index in [0.29, 0.717) is 17.5 Å². The largest absolute Gasteiger partial charge is 0.208 e. The highest BCUT2D eigenvalue weighted by Gasteiger charge is 2.46. The Morgan fingerprint density at radius 3 is 1.19 bits per heavy atom. The van der Waals surface area contributed by atoms with Crippen molar-refractivity contribution in [3.8, 4) is 45.3 Å². The van der Waals surface area contributed by atoms with Crippen LogP contribution >= 0.6 is 0 Å². The lowest BCUT2D eigenvalue weighted by molar-refractivity contribution is 0.768. The van der Waals surface area contributed by atoms with E-state index in [1.54, 1.807) is 0 Å². The first-order chi connectivity index (χ1) is 31.3. The topological polar surface area (TPSA) is 38.7 Å². The zero-order valence-electron chi connectivity index (χ0n) is 34.5. The Morgan fingerprint density at radius 2 is 0.651 bits per heavy atom. The fourth-order valence-corrected chi connectivity index (χ4v) is 9.47. The second kappa shape index (κ2) is 16.3. The van der Waals surface area contributed by atoms with Gasteiger partial charge in [-0.05, 0) is 78.9 Å². The molecule has 0 saturated heterocycles. The van der Waals surface area contributed by atoms with Crippen LogP contribution in [0.5, 0.6) is 0 Å². The number of benzene rings is 9. The lowest BCUT2D eigenvalue weighted by Crippen LogP contribution is -2.28. The Balaban J connectivity index is 1.13. The number of aromatic nitrogens is 3. The normalized spacial score (nSPS) is 12.3. The molecule has 3 heteroatoms. The summed E-state index contributed by atoms with van der Waals surface area (Å²) < 4.78 is 0. The molecule has 296 valence electrons. The van der Waals surface area contributed by atoms with Crippen molar-refractivity contribution >= 4 is 11.1 Å². The Hall–Kier alpha value is -8.27. The first kappa shape index (κ1) is 37.7. The molecule has 0 atom stereocenters. The van der Waals surface area contributed by atoms with Gasteiger partial charge in [0.1, 0.15) is 0 Å². The van der Waals surface area contributed by atoms with Gasteiger partial charge in [-0.15, -0.1) is 0 Å². The third kappa shape index (κ3) is 6.77. The zero-order valence-corrected chi connectivity index (χ0v) is 34.5. The van der Waals surface area contributed by atoms with Gasteiger partial charge in [-0.25, -0.2) is 15.0 Å². The van der Waals surface area contributed by atoms with E-state index >= 15 is 0 Å². The van der Waals surface area contributed by atoms with Crippen LogP contribution in [-0.2, 0) is 5.41 Å². The number of nitrogens with zero attached hydrogens (tertiary/aromatic N) is 3. The summed E-state index contributed by atoms with van der Waals surface area (Å²) in [5, 5.41) is 0. The number of hydrogen-bond donors (Lipinski definition) is 0. The Kier molecular flexibility index (Phi) is 9.76.